The molecule has 0 aromatic rings. The lowest BCUT2D eigenvalue weighted by atomic mass is 10.8. The molecular formula is C5H9NS. The van der Waals surface area contributed by atoms with Crippen molar-refractivity contribution in [2.75, 3.05) is 12.8 Å². The second kappa shape index (κ2) is 5.76. The maximum Gasteiger partial charge on any atom is 0.0540 e. The molecule has 0 bridgehead atoms. The summed E-state index contributed by atoms with van der Waals surface area (Å²) in [5.74, 6) is 0.956. The Morgan fingerprint density at radius 1 is 1.86 bits per heavy atom. The van der Waals surface area contributed by atoms with Crippen LogP contribution in [0.25, 0.3) is 0 Å². The van der Waals surface area contributed by atoms with Crippen LogP contribution in [-0.2, 0) is 0 Å². The van der Waals surface area contributed by atoms with Crippen LogP contribution in [0.2, 0.25) is 0 Å². The fourth-order valence-corrected chi connectivity index (χ4v) is 0.557. The van der Waals surface area contributed by atoms with Crippen LogP contribution in [0, 0.1) is 0 Å². The highest BCUT2D eigenvalue weighted by atomic mass is 32.2. The zero-order valence-corrected chi connectivity index (χ0v) is 5.24. The Bertz CT molecular complexity index is 68.5. The Kier molecular flexibility index (Phi) is 5.56. The van der Waals surface area contributed by atoms with Gasteiger partial charge in [0.2, 0.25) is 0 Å². The second-order valence-electron chi connectivity index (χ2n) is 0.986. The second-order valence-corrected chi connectivity index (χ2v) is 1.86. The van der Waals surface area contributed by atoms with Crippen molar-refractivity contribution in [3.8, 4) is 0 Å². The summed E-state index contributed by atoms with van der Waals surface area (Å²) in [7, 11) is 1.76. The van der Waals surface area contributed by atoms with Crippen LogP contribution in [-0.4, -0.2) is 18.3 Å². The quantitative estimate of drug-likeness (QED) is 0.235. The van der Waals surface area contributed by atoms with Gasteiger partial charge >= 0.3 is 0 Å². The maximum absolute atomic E-state index is 3.76. The van der Waals surface area contributed by atoms with Crippen LogP contribution < -0.4 is 0 Å². The summed E-state index contributed by atoms with van der Waals surface area (Å²) >= 11 is 1.64. The van der Waals surface area contributed by atoms with E-state index in [9.17, 15) is 0 Å². The zero-order valence-electron chi connectivity index (χ0n) is 4.42. The molecule has 0 saturated carbocycles. The largest absolute Gasteiger partial charge is 0.290 e. The van der Waals surface area contributed by atoms with Gasteiger partial charge in [-0.25, -0.2) is 0 Å². The van der Waals surface area contributed by atoms with Gasteiger partial charge in [-0.1, -0.05) is 6.08 Å². The van der Waals surface area contributed by atoms with Crippen LogP contribution in [0.1, 0.15) is 0 Å². The van der Waals surface area contributed by atoms with E-state index in [0.29, 0.717) is 0 Å². The van der Waals surface area contributed by atoms with E-state index < -0.39 is 0 Å². The van der Waals surface area contributed by atoms with E-state index in [1.807, 2.05) is 11.6 Å². The standard InChI is InChI=1S/C5H9NS/c1-3-4-7-5-6-2/h3,5H,1,4H2,2H3. The first-order valence-electron chi connectivity index (χ1n) is 2.05. The van der Waals surface area contributed by atoms with Crippen molar-refractivity contribution in [2.45, 2.75) is 0 Å². The molecule has 0 rings (SSSR count). The molecule has 0 aliphatic rings. The lowest BCUT2D eigenvalue weighted by Gasteiger charge is -1.79. The van der Waals surface area contributed by atoms with Crippen LogP contribution in [0.4, 0.5) is 0 Å². The first kappa shape index (κ1) is 6.76. The third-order valence-corrected chi connectivity index (χ3v) is 1.18. The van der Waals surface area contributed by atoms with E-state index in [1.165, 1.54) is 0 Å². The van der Waals surface area contributed by atoms with Gasteiger partial charge in [0.25, 0.3) is 0 Å². The lowest BCUT2D eigenvalue weighted by Crippen LogP contribution is -1.66. The third-order valence-electron chi connectivity index (χ3n) is 0.394. The number of hydrogen-bond acceptors (Lipinski definition) is 2. The highest BCUT2D eigenvalue weighted by molar-refractivity contribution is 8.12. The Hall–Kier alpha value is -0.240. The van der Waals surface area contributed by atoms with Crippen molar-refractivity contribution in [1.82, 2.24) is 0 Å². The molecule has 0 radical (unpaired) electrons. The van der Waals surface area contributed by atoms with Crippen molar-refractivity contribution in [3.63, 3.8) is 0 Å². The average Bonchev–Trinajstić information content (AvgIpc) is 1.69. The van der Waals surface area contributed by atoms with Gasteiger partial charge in [-0.05, 0) is 0 Å². The van der Waals surface area contributed by atoms with Gasteiger partial charge in [0.15, 0.2) is 0 Å². The fourth-order valence-electron chi connectivity index (χ4n) is 0.186. The average molecular weight is 115 g/mol. The smallest absolute Gasteiger partial charge is 0.0540 e. The van der Waals surface area contributed by atoms with Gasteiger partial charge in [-0.15, -0.1) is 18.3 Å². The molecule has 0 spiro atoms. The molecule has 40 valence electrons. The molecular weight excluding hydrogens is 106 g/mol. The van der Waals surface area contributed by atoms with Gasteiger partial charge < -0.3 is 0 Å². The Balaban J connectivity index is 2.82. The number of aliphatic imine (C=N–C) groups is 1. The maximum atomic E-state index is 3.76. The SMILES string of the molecule is C=CCSC=NC. The van der Waals surface area contributed by atoms with Gasteiger partial charge in [0.05, 0.1) is 5.55 Å². The normalized spacial score (nSPS) is 9.86. The molecule has 2 heteroatoms. The molecule has 0 unspecified atom stereocenters. The number of rotatable bonds is 3. The highest BCUT2D eigenvalue weighted by Gasteiger charge is 1.69. The predicted octanol–water partition coefficient (Wildman–Crippen LogP) is 1.56. The molecule has 0 aromatic carbocycles. The Labute approximate surface area is 48.5 Å². The molecule has 7 heavy (non-hydrogen) atoms. The summed E-state index contributed by atoms with van der Waals surface area (Å²) in [6.07, 6.45) is 1.85. The highest BCUT2D eigenvalue weighted by Crippen LogP contribution is 1.91. The molecule has 0 amide bonds. The monoisotopic (exact) mass is 115 g/mol. The van der Waals surface area contributed by atoms with E-state index in [4.69, 9.17) is 0 Å². The zero-order chi connectivity index (χ0) is 5.54. The summed E-state index contributed by atoms with van der Waals surface area (Å²) in [6, 6.07) is 0. The third kappa shape index (κ3) is 5.76. The van der Waals surface area contributed by atoms with E-state index in [0.717, 1.165) is 5.75 Å². The molecule has 0 aromatic heterocycles. The first-order chi connectivity index (χ1) is 3.41. The summed E-state index contributed by atoms with van der Waals surface area (Å²) in [4.78, 5) is 3.76. The topological polar surface area (TPSA) is 12.4 Å². The van der Waals surface area contributed by atoms with Gasteiger partial charge in [-0.3, -0.25) is 4.99 Å². The van der Waals surface area contributed by atoms with E-state index in [1.54, 1.807) is 18.8 Å². The first-order valence-corrected chi connectivity index (χ1v) is 3.10. The van der Waals surface area contributed by atoms with E-state index in [-0.39, 0.29) is 0 Å². The van der Waals surface area contributed by atoms with Crippen LogP contribution in [0.3, 0.4) is 0 Å². The summed E-state index contributed by atoms with van der Waals surface area (Å²) in [6.45, 7) is 3.55. The fraction of sp³-hybridized carbons (Fsp3) is 0.400. The van der Waals surface area contributed by atoms with Crippen LogP contribution in [0.15, 0.2) is 17.6 Å². The Morgan fingerprint density at radius 3 is 3.00 bits per heavy atom. The molecule has 0 aliphatic heterocycles. The van der Waals surface area contributed by atoms with Crippen molar-refractivity contribution in [2.24, 2.45) is 4.99 Å². The number of hydrogen-bond donors (Lipinski definition) is 0. The lowest BCUT2D eigenvalue weighted by molar-refractivity contribution is 1.49. The molecule has 0 fully saturated rings. The number of thioether (sulfide) groups is 1. The minimum atomic E-state index is 0.956. The van der Waals surface area contributed by atoms with Crippen molar-refractivity contribution in [3.05, 3.63) is 12.7 Å². The number of nitrogens with zero attached hydrogens (tertiary/aromatic N) is 1. The van der Waals surface area contributed by atoms with Gasteiger partial charge in [0, 0.05) is 12.8 Å². The van der Waals surface area contributed by atoms with Crippen molar-refractivity contribution < 1.29 is 0 Å². The minimum Gasteiger partial charge on any atom is -0.290 e. The van der Waals surface area contributed by atoms with E-state index >= 15 is 0 Å². The summed E-state index contributed by atoms with van der Waals surface area (Å²) in [5, 5.41) is 0. The Morgan fingerprint density at radius 2 is 2.57 bits per heavy atom. The molecule has 0 saturated heterocycles. The molecule has 0 atom stereocenters. The molecule has 0 aliphatic carbocycles. The van der Waals surface area contributed by atoms with E-state index in [2.05, 4.69) is 11.6 Å². The molecule has 0 N–H and O–H groups in total. The van der Waals surface area contributed by atoms with Crippen LogP contribution >= 0.6 is 11.8 Å². The minimum absolute atomic E-state index is 0.956. The van der Waals surface area contributed by atoms with Gasteiger partial charge in [-0.2, -0.15) is 0 Å². The molecule has 0 heterocycles. The molecule has 1 nitrogen and oxygen atoms in total. The van der Waals surface area contributed by atoms with Crippen molar-refractivity contribution in [1.29, 1.82) is 0 Å². The van der Waals surface area contributed by atoms with Crippen LogP contribution in [0.5, 0.6) is 0 Å². The van der Waals surface area contributed by atoms with Crippen molar-refractivity contribution >= 4 is 17.3 Å². The summed E-state index contributed by atoms with van der Waals surface area (Å²) in [5.41, 5.74) is 1.81. The summed E-state index contributed by atoms with van der Waals surface area (Å²) < 4.78 is 0. The predicted molar refractivity (Wildman–Crippen MR) is 37.1 cm³/mol. The van der Waals surface area contributed by atoms with Gasteiger partial charge in [0.1, 0.15) is 0 Å².